The topological polar surface area (TPSA) is 165 Å². The van der Waals surface area contributed by atoms with Crippen LogP contribution in [0.15, 0.2) is 34.7 Å². The van der Waals surface area contributed by atoms with E-state index < -0.39 is 72.2 Å². The normalized spacial score (nSPS) is 44.9. The summed E-state index contributed by atoms with van der Waals surface area (Å²) in [6, 6.07) is 1.77. The molecule has 0 amide bonds. The summed E-state index contributed by atoms with van der Waals surface area (Å²) >= 11 is 0. The van der Waals surface area contributed by atoms with Gasteiger partial charge in [0.05, 0.1) is 38.3 Å². The monoisotopic (exact) mass is 536 g/mol. The first-order valence-corrected chi connectivity index (χ1v) is 13.0. The SMILES string of the molecule is COC(=O)C1=CCC[C@H]2[C@]3(C)C[C@@H](c4ccoc4)OC(=O)[C@@H]3C[C@@H](O[C@H]3O[C@H](CO)[C@@H](O)[C@H](O)[C@H]3O)[C@@]12C. The number of hydrogen-bond acceptors (Lipinski definition) is 11. The summed E-state index contributed by atoms with van der Waals surface area (Å²) < 4.78 is 28.2. The summed E-state index contributed by atoms with van der Waals surface area (Å²) in [7, 11) is 1.31. The van der Waals surface area contributed by atoms with Gasteiger partial charge in [0.1, 0.15) is 30.5 Å². The van der Waals surface area contributed by atoms with E-state index in [1.807, 2.05) is 13.0 Å². The molecular formula is C27H36O11. The Bertz CT molecular complexity index is 1070. The zero-order chi connectivity index (χ0) is 27.4. The number of rotatable bonds is 5. The molecule has 3 heterocycles. The van der Waals surface area contributed by atoms with Crippen LogP contribution in [0, 0.1) is 22.7 Å². The van der Waals surface area contributed by atoms with E-state index in [-0.39, 0.29) is 18.3 Å². The number of hydrogen-bond donors (Lipinski definition) is 4. The Morgan fingerprint density at radius 3 is 2.61 bits per heavy atom. The Balaban J connectivity index is 1.54. The van der Waals surface area contributed by atoms with E-state index in [1.165, 1.54) is 13.4 Å². The maximum absolute atomic E-state index is 13.5. The molecule has 0 spiro atoms. The van der Waals surface area contributed by atoms with Crippen molar-refractivity contribution in [2.75, 3.05) is 13.7 Å². The standard InChI is InChI=1S/C27H36O11/c1-26-10-16(13-7-8-35-12-13)36-24(33)15(26)9-19(27(2)14(23(32)34-3)5-4-6-18(26)27)38-25-22(31)21(30)20(29)17(11-28)37-25/h5,7-8,12,15-22,25,28-31H,4,6,9-11H2,1-3H3/t15-,16-,17+,18-,19+,20+,21-,22+,25+,26+,27-/m0/s1. The highest BCUT2D eigenvalue weighted by Crippen LogP contribution is 2.65. The molecule has 0 aromatic carbocycles. The third-order valence-electron chi connectivity index (χ3n) is 9.45. The van der Waals surface area contributed by atoms with Crippen LogP contribution >= 0.6 is 0 Å². The number of aliphatic hydroxyl groups excluding tert-OH is 4. The van der Waals surface area contributed by atoms with E-state index >= 15 is 0 Å². The summed E-state index contributed by atoms with van der Waals surface area (Å²) in [4.78, 5) is 26.5. The molecule has 2 aliphatic carbocycles. The Morgan fingerprint density at radius 2 is 1.95 bits per heavy atom. The lowest BCUT2D eigenvalue weighted by atomic mass is 9.44. The molecular weight excluding hydrogens is 500 g/mol. The number of ether oxygens (including phenoxy) is 4. The largest absolute Gasteiger partial charge is 0.472 e. The van der Waals surface area contributed by atoms with Crippen molar-refractivity contribution in [1.29, 1.82) is 0 Å². The van der Waals surface area contributed by atoms with Gasteiger partial charge in [0.15, 0.2) is 6.29 Å². The van der Waals surface area contributed by atoms with Gasteiger partial charge in [-0.2, -0.15) is 0 Å². The molecule has 11 atom stereocenters. The molecule has 210 valence electrons. The van der Waals surface area contributed by atoms with E-state index in [4.69, 9.17) is 23.4 Å². The summed E-state index contributed by atoms with van der Waals surface area (Å²) in [6.07, 6.45) is -1.81. The number of carbonyl (C=O) groups is 2. The molecule has 1 saturated carbocycles. The van der Waals surface area contributed by atoms with E-state index in [1.54, 1.807) is 12.3 Å². The summed E-state index contributed by atoms with van der Waals surface area (Å²) in [5, 5.41) is 40.8. The van der Waals surface area contributed by atoms with Gasteiger partial charge in [-0.05, 0) is 43.1 Å². The number of aliphatic hydroxyl groups is 4. The maximum Gasteiger partial charge on any atom is 0.334 e. The van der Waals surface area contributed by atoms with Crippen LogP contribution in [-0.2, 0) is 28.5 Å². The third-order valence-corrected chi connectivity index (χ3v) is 9.45. The molecule has 38 heavy (non-hydrogen) atoms. The fraction of sp³-hybridized carbons (Fsp3) is 0.704. The van der Waals surface area contributed by atoms with E-state index in [0.717, 1.165) is 5.56 Å². The summed E-state index contributed by atoms with van der Waals surface area (Å²) in [5.41, 5.74) is -0.341. The summed E-state index contributed by atoms with van der Waals surface area (Å²) in [5.74, 6) is -1.68. The van der Waals surface area contributed by atoms with E-state index in [0.29, 0.717) is 24.8 Å². The number of carbonyl (C=O) groups excluding carboxylic acids is 2. The van der Waals surface area contributed by atoms with Crippen LogP contribution in [-0.4, -0.2) is 82.9 Å². The Kier molecular flexibility index (Phi) is 7.21. The quantitative estimate of drug-likeness (QED) is 0.397. The predicted octanol–water partition coefficient (Wildman–Crippen LogP) is 0.995. The van der Waals surface area contributed by atoms with Gasteiger partial charge < -0.3 is 43.8 Å². The molecule has 5 rings (SSSR count). The minimum absolute atomic E-state index is 0.157. The van der Waals surface area contributed by atoms with E-state index in [9.17, 15) is 30.0 Å². The lowest BCUT2D eigenvalue weighted by Crippen LogP contribution is -2.65. The van der Waals surface area contributed by atoms with Crippen LogP contribution in [0.1, 0.15) is 51.2 Å². The molecule has 11 nitrogen and oxygen atoms in total. The van der Waals surface area contributed by atoms with Crippen molar-refractivity contribution in [3.63, 3.8) is 0 Å². The highest BCUT2D eigenvalue weighted by Gasteiger charge is 2.66. The fourth-order valence-electron chi connectivity index (χ4n) is 7.39. The van der Waals surface area contributed by atoms with Gasteiger partial charge in [0.2, 0.25) is 0 Å². The lowest BCUT2D eigenvalue weighted by molar-refractivity contribution is -0.329. The second-order valence-corrected chi connectivity index (χ2v) is 11.3. The van der Waals surface area contributed by atoms with Crippen molar-refractivity contribution < 1.29 is 53.4 Å². The number of allylic oxidation sites excluding steroid dienone is 1. The van der Waals surface area contributed by atoms with Gasteiger partial charge >= 0.3 is 11.9 Å². The Hall–Kier alpha value is -2.28. The van der Waals surface area contributed by atoms with Gasteiger partial charge in [-0.25, -0.2) is 4.79 Å². The second kappa shape index (κ2) is 10.0. The smallest absolute Gasteiger partial charge is 0.334 e. The van der Waals surface area contributed by atoms with Gasteiger partial charge in [-0.1, -0.05) is 19.9 Å². The van der Waals surface area contributed by atoms with Crippen LogP contribution < -0.4 is 0 Å². The highest BCUT2D eigenvalue weighted by atomic mass is 16.7. The minimum Gasteiger partial charge on any atom is -0.472 e. The first kappa shape index (κ1) is 27.3. The van der Waals surface area contributed by atoms with Crippen LogP contribution in [0.25, 0.3) is 0 Å². The van der Waals surface area contributed by atoms with Crippen LogP contribution in [0.3, 0.4) is 0 Å². The lowest BCUT2D eigenvalue weighted by Gasteiger charge is -2.62. The number of methoxy groups -OCH3 is 1. The second-order valence-electron chi connectivity index (χ2n) is 11.3. The average molecular weight is 537 g/mol. The molecule has 1 aromatic heterocycles. The third kappa shape index (κ3) is 4.11. The van der Waals surface area contributed by atoms with Crippen LogP contribution in [0.4, 0.5) is 0 Å². The first-order chi connectivity index (χ1) is 18.1. The van der Waals surface area contributed by atoms with E-state index in [2.05, 4.69) is 6.92 Å². The van der Waals surface area contributed by atoms with Crippen molar-refractivity contribution in [2.24, 2.45) is 22.7 Å². The molecule has 0 radical (unpaired) electrons. The van der Waals surface area contributed by atoms with Crippen molar-refractivity contribution >= 4 is 11.9 Å². The highest BCUT2D eigenvalue weighted by molar-refractivity contribution is 5.90. The summed E-state index contributed by atoms with van der Waals surface area (Å²) in [6.45, 7) is 3.35. The molecule has 0 bridgehead atoms. The predicted molar refractivity (Wildman–Crippen MR) is 128 cm³/mol. The molecule has 2 saturated heterocycles. The Morgan fingerprint density at radius 1 is 1.18 bits per heavy atom. The minimum atomic E-state index is -1.62. The number of cyclic esters (lactones) is 1. The zero-order valence-electron chi connectivity index (χ0n) is 21.7. The average Bonchev–Trinajstić information content (AvgIpc) is 3.44. The van der Waals surface area contributed by atoms with Crippen molar-refractivity contribution in [3.8, 4) is 0 Å². The molecule has 4 N–H and O–H groups in total. The van der Waals surface area contributed by atoms with Crippen molar-refractivity contribution in [2.45, 2.75) is 82.4 Å². The van der Waals surface area contributed by atoms with Crippen LogP contribution in [0.2, 0.25) is 0 Å². The molecule has 0 unspecified atom stereocenters. The van der Waals surface area contributed by atoms with Crippen LogP contribution in [0.5, 0.6) is 0 Å². The first-order valence-electron chi connectivity index (χ1n) is 13.0. The number of fused-ring (bicyclic) bond motifs is 3. The van der Waals surface area contributed by atoms with Gasteiger partial charge in [0, 0.05) is 16.6 Å². The zero-order valence-corrected chi connectivity index (χ0v) is 21.7. The van der Waals surface area contributed by atoms with Gasteiger partial charge in [-0.3, -0.25) is 4.79 Å². The van der Waals surface area contributed by atoms with Gasteiger partial charge in [-0.15, -0.1) is 0 Å². The van der Waals surface area contributed by atoms with Crippen molar-refractivity contribution in [1.82, 2.24) is 0 Å². The molecule has 3 fully saturated rings. The van der Waals surface area contributed by atoms with Crippen molar-refractivity contribution in [3.05, 3.63) is 35.8 Å². The number of furan rings is 1. The number of esters is 2. The molecule has 1 aromatic rings. The molecule has 11 heteroatoms. The van der Waals surface area contributed by atoms with Gasteiger partial charge in [0.25, 0.3) is 0 Å². The molecule has 4 aliphatic rings. The Labute approximate surface area is 220 Å². The molecule has 2 aliphatic heterocycles. The maximum atomic E-state index is 13.5. The fourth-order valence-corrected chi connectivity index (χ4v) is 7.39.